The second kappa shape index (κ2) is 8.23. The Hall–Kier alpha value is -2.53. The van der Waals surface area contributed by atoms with E-state index in [0.717, 1.165) is 22.4 Å². The summed E-state index contributed by atoms with van der Waals surface area (Å²) in [6.45, 7) is 9.83. The van der Waals surface area contributed by atoms with Gasteiger partial charge in [-0.25, -0.2) is 4.90 Å². The molecule has 146 valence electrons. The summed E-state index contributed by atoms with van der Waals surface area (Å²) in [7, 11) is 0. The summed E-state index contributed by atoms with van der Waals surface area (Å²) >= 11 is 1.41. The van der Waals surface area contributed by atoms with E-state index in [1.165, 1.54) is 16.7 Å². The summed E-state index contributed by atoms with van der Waals surface area (Å²) in [4.78, 5) is 28.3. The number of anilines is 1. The molecule has 0 saturated heterocycles. The van der Waals surface area contributed by atoms with E-state index in [9.17, 15) is 9.59 Å². The van der Waals surface area contributed by atoms with E-state index in [1.807, 2.05) is 77.1 Å². The molecule has 2 aromatic rings. The van der Waals surface area contributed by atoms with Gasteiger partial charge in [-0.15, -0.1) is 11.8 Å². The van der Waals surface area contributed by atoms with Crippen molar-refractivity contribution in [2.24, 2.45) is 0 Å². The van der Waals surface area contributed by atoms with Gasteiger partial charge in [-0.3, -0.25) is 9.59 Å². The van der Waals surface area contributed by atoms with E-state index < -0.39 is 0 Å². The molecule has 1 aliphatic rings. The summed E-state index contributed by atoms with van der Waals surface area (Å²) in [5.41, 5.74) is 3.84. The maximum absolute atomic E-state index is 13.3. The average Bonchev–Trinajstić information content (AvgIpc) is 2.87. The Morgan fingerprint density at radius 3 is 2.25 bits per heavy atom. The summed E-state index contributed by atoms with van der Waals surface area (Å²) in [5.74, 6) is 0.936. The van der Waals surface area contributed by atoms with E-state index in [4.69, 9.17) is 4.74 Å². The highest BCUT2D eigenvalue weighted by Gasteiger charge is 2.40. The topological polar surface area (TPSA) is 46.6 Å². The smallest absolute Gasteiger partial charge is 0.272 e. The molecule has 1 aliphatic heterocycles. The molecule has 0 spiro atoms. The molecule has 0 saturated carbocycles. The number of imide groups is 1. The van der Waals surface area contributed by atoms with Gasteiger partial charge in [0.25, 0.3) is 11.8 Å². The minimum absolute atomic E-state index is 0.0750. The highest BCUT2D eigenvalue weighted by atomic mass is 32.2. The van der Waals surface area contributed by atoms with E-state index in [-0.39, 0.29) is 17.9 Å². The first-order valence-corrected chi connectivity index (χ1v) is 10.4. The van der Waals surface area contributed by atoms with Gasteiger partial charge in [0.1, 0.15) is 5.75 Å². The van der Waals surface area contributed by atoms with Crippen molar-refractivity contribution in [1.82, 2.24) is 0 Å². The summed E-state index contributed by atoms with van der Waals surface area (Å²) in [5, 5.41) is 0. The Morgan fingerprint density at radius 2 is 1.68 bits per heavy atom. The molecule has 4 nitrogen and oxygen atoms in total. The molecule has 0 bridgehead atoms. The van der Waals surface area contributed by atoms with Crippen molar-refractivity contribution in [3.8, 4) is 5.75 Å². The van der Waals surface area contributed by atoms with E-state index in [1.54, 1.807) is 0 Å². The number of amides is 2. The number of aryl methyl sites for hydroxylation is 2. The lowest BCUT2D eigenvalue weighted by Crippen LogP contribution is -2.32. The van der Waals surface area contributed by atoms with Crippen LogP contribution in [0.4, 0.5) is 5.69 Å². The molecule has 5 heteroatoms. The van der Waals surface area contributed by atoms with Gasteiger partial charge in [0, 0.05) is 0 Å². The highest BCUT2D eigenvalue weighted by molar-refractivity contribution is 8.04. The molecule has 28 heavy (non-hydrogen) atoms. The summed E-state index contributed by atoms with van der Waals surface area (Å²) < 4.78 is 5.69. The zero-order chi connectivity index (χ0) is 20.4. The predicted molar refractivity (Wildman–Crippen MR) is 116 cm³/mol. The van der Waals surface area contributed by atoms with Crippen LogP contribution in [0.15, 0.2) is 47.4 Å². The highest BCUT2D eigenvalue weighted by Crippen LogP contribution is 2.39. The normalized spacial score (nSPS) is 14.4. The fraction of sp³-hybridized carbons (Fsp3) is 0.304. The predicted octanol–water partition coefficient (Wildman–Crippen LogP) is 5.13. The molecule has 3 rings (SSSR count). The van der Waals surface area contributed by atoms with Crippen molar-refractivity contribution < 1.29 is 14.3 Å². The van der Waals surface area contributed by atoms with Crippen molar-refractivity contribution in [3.63, 3.8) is 0 Å². The van der Waals surface area contributed by atoms with Gasteiger partial charge in [0.05, 0.1) is 22.3 Å². The lowest BCUT2D eigenvalue weighted by atomic mass is 10.1. The third-order valence-corrected chi connectivity index (χ3v) is 5.39. The second-order valence-electron chi connectivity index (χ2n) is 7.06. The third-order valence-electron chi connectivity index (χ3n) is 4.44. The maximum atomic E-state index is 13.3. The van der Waals surface area contributed by atoms with Crippen LogP contribution in [-0.4, -0.2) is 23.7 Å². The summed E-state index contributed by atoms with van der Waals surface area (Å²) in [6, 6.07) is 13.1. The third kappa shape index (κ3) is 3.85. The molecule has 0 fully saturated rings. The van der Waals surface area contributed by atoms with Gasteiger partial charge in [-0.2, -0.15) is 0 Å². The number of rotatable bonds is 6. The number of hydrogen-bond acceptors (Lipinski definition) is 4. The van der Waals surface area contributed by atoms with Gasteiger partial charge in [-0.05, 0) is 62.8 Å². The zero-order valence-electron chi connectivity index (χ0n) is 16.9. The van der Waals surface area contributed by atoms with Crippen LogP contribution < -0.4 is 9.64 Å². The molecule has 0 N–H and O–H groups in total. The fourth-order valence-electron chi connectivity index (χ4n) is 3.29. The second-order valence-corrected chi connectivity index (χ2v) is 8.34. The van der Waals surface area contributed by atoms with Gasteiger partial charge in [0.15, 0.2) is 0 Å². The van der Waals surface area contributed by atoms with Crippen LogP contribution in [0.3, 0.4) is 0 Å². The van der Waals surface area contributed by atoms with Gasteiger partial charge in [-0.1, -0.05) is 36.8 Å². The Bertz CT molecular complexity index is 945. The number of carbonyl (C=O) groups excluding carboxylic acids is 2. The minimum atomic E-state index is -0.273. The average molecular weight is 396 g/mol. The monoisotopic (exact) mass is 395 g/mol. The van der Waals surface area contributed by atoms with Gasteiger partial charge in [0.2, 0.25) is 0 Å². The number of thioether (sulfide) groups is 1. The first-order valence-electron chi connectivity index (χ1n) is 9.43. The fourth-order valence-corrected chi connectivity index (χ4v) is 4.14. The van der Waals surface area contributed by atoms with Gasteiger partial charge >= 0.3 is 0 Å². The standard InChI is InChI=1S/C23H25NO3S/c1-6-28-21-20(17-8-10-18(11-9-17)27-14(2)3)22(25)24(23(21)26)19-12-7-15(4)13-16(19)5/h7-14H,6H2,1-5H3. The van der Waals surface area contributed by atoms with Crippen molar-refractivity contribution in [2.45, 2.75) is 40.7 Å². The van der Waals surface area contributed by atoms with Crippen LogP contribution in [0.2, 0.25) is 0 Å². The molecule has 0 aromatic heterocycles. The largest absolute Gasteiger partial charge is 0.491 e. The number of benzene rings is 2. The lowest BCUT2D eigenvalue weighted by molar-refractivity contribution is -0.119. The van der Waals surface area contributed by atoms with Crippen LogP contribution in [-0.2, 0) is 9.59 Å². The zero-order valence-corrected chi connectivity index (χ0v) is 17.7. The number of carbonyl (C=O) groups is 2. The van der Waals surface area contributed by atoms with Crippen molar-refractivity contribution in [2.75, 3.05) is 10.7 Å². The van der Waals surface area contributed by atoms with E-state index in [2.05, 4.69) is 0 Å². The quantitative estimate of drug-likeness (QED) is 0.636. The molecule has 0 aliphatic carbocycles. The number of ether oxygens (including phenoxy) is 1. The number of hydrogen-bond donors (Lipinski definition) is 0. The Balaban J connectivity index is 2.03. The van der Waals surface area contributed by atoms with Gasteiger partial charge < -0.3 is 4.74 Å². The SMILES string of the molecule is CCSC1=C(c2ccc(OC(C)C)cc2)C(=O)N(c2ccc(C)cc2C)C1=O. The Kier molecular flexibility index (Phi) is 5.94. The number of nitrogens with zero attached hydrogens (tertiary/aromatic N) is 1. The van der Waals surface area contributed by atoms with Crippen LogP contribution in [0.25, 0.3) is 5.57 Å². The van der Waals surface area contributed by atoms with E-state index in [0.29, 0.717) is 21.9 Å². The minimum Gasteiger partial charge on any atom is -0.491 e. The maximum Gasteiger partial charge on any atom is 0.272 e. The molecule has 2 aromatic carbocycles. The van der Waals surface area contributed by atoms with Crippen LogP contribution in [0.1, 0.15) is 37.5 Å². The molecule has 0 atom stereocenters. The first kappa shape index (κ1) is 20.2. The molecule has 1 heterocycles. The van der Waals surface area contributed by atoms with E-state index >= 15 is 0 Å². The lowest BCUT2D eigenvalue weighted by Gasteiger charge is -2.18. The molecule has 2 amide bonds. The van der Waals surface area contributed by atoms with Crippen molar-refractivity contribution >= 4 is 34.8 Å². The van der Waals surface area contributed by atoms with Crippen molar-refractivity contribution in [1.29, 1.82) is 0 Å². The van der Waals surface area contributed by atoms with Crippen LogP contribution in [0.5, 0.6) is 5.75 Å². The Morgan fingerprint density at radius 1 is 1.00 bits per heavy atom. The molecule has 0 radical (unpaired) electrons. The summed E-state index contributed by atoms with van der Waals surface area (Å²) in [6.07, 6.45) is 0.0750. The van der Waals surface area contributed by atoms with Crippen LogP contribution >= 0.6 is 11.8 Å². The molecular weight excluding hydrogens is 370 g/mol. The Labute approximate surface area is 170 Å². The first-order chi connectivity index (χ1) is 13.3. The molecular formula is C23H25NO3S. The molecule has 0 unspecified atom stereocenters. The van der Waals surface area contributed by atoms with Crippen LogP contribution in [0, 0.1) is 13.8 Å². The van der Waals surface area contributed by atoms with Crippen molar-refractivity contribution in [3.05, 3.63) is 64.1 Å².